The van der Waals surface area contributed by atoms with Gasteiger partial charge in [-0.05, 0) is 44.0 Å². The number of fused-ring (bicyclic) bond motifs is 1. The van der Waals surface area contributed by atoms with Gasteiger partial charge >= 0.3 is 5.97 Å². The summed E-state index contributed by atoms with van der Waals surface area (Å²) in [6.07, 6.45) is 2.45. The van der Waals surface area contributed by atoms with Gasteiger partial charge in [-0.2, -0.15) is 0 Å². The smallest absolute Gasteiger partial charge is 0.335 e. The minimum absolute atomic E-state index is 0.255. The van der Waals surface area contributed by atoms with Gasteiger partial charge in [0.25, 0.3) is 0 Å². The summed E-state index contributed by atoms with van der Waals surface area (Å²) < 4.78 is 5.61. The van der Waals surface area contributed by atoms with Crippen molar-refractivity contribution in [2.75, 3.05) is 18.5 Å². The van der Waals surface area contributed by atoms with Gasteiger partial charge in [-0.3, -0.25) is 4.98 Å². The summed E-state index contributed by atoms with van der Waals surface area (Å²) >= 11 is 0. The molecule has 2 heterocycles. The zero-order valence-electron chi connectivity index (χ0n) is 11.9. The molecule has 5 nitrogen and oxygen atoms in total. The molecule has 0 radical (unpaired) electrons. The summed E-state index contributed by atoms with van der Waals surface area (Å²) in [5.74, 6) is -0.936. The third kappa shape index (κ3) is 2.97. The van der Waals surface area contributed by atoms with Crippen molar-refractivity contribution in [3.8, 4) is 0 Å². The Kier molecular flexibility index (Phi) is 3.75. The van der Waals surface area contributed by atoms with Crippen LogP contribution in [-0.4, -0.2) is 35.3 Å². The van der Waals surface area contributed by atoms with Crippen LogP contribution in [0.2, 0.25) is 0 Å². The van der Waals surface area contributed by atoms with Gasteiger partial charge in [0, 0.05) is 29.9 Å². The van der Waals surface area contributed by atoms with Crippen LogP contribution in [0.3, 0.4) is 0 Å². The largest absolute Gasteiger partial charge is 0.478 e. The minimum Gasteiger partial charge on any atom is -0.478 e. The Hall–Kier alpha value is -2.14. The normalized spacial score (nSPS) is 18.0. The van der Waals surface area contributed by atoms with E-state index in [1.54, 1.807) is 12.1 Å². The Bertz CT molecular complexity index is 679. The minimum atomic E-state index is -0.936. The van der Waals surface area contributed by atoms with Crippen LogP contribution in [0.4, 0.5) is 5.69 Å². The molecule has 3 rings (SSSR count). The summed E-state index contributed by atoms with van der Waals surface area (Å²) in [6.45, 7) is 3.51. The number of aromatic nitrogens is 1. The van der Waals surface area contributed by atoms with Crippen molar-refractivity contribution in [3.05, 3.63) is 35.5 Å². The number of aromatic carboxylic acids is 1. The number of carboxylic acid groups (broad SMARTS) is 1. The van der Waals surface area contributed by atoms with Crippen LogP contribution >= 0.6 is 0 Å². The van der Waals surface area contributed by atoms with E-state index in [1.165, 1.54) is 0 Å². The number of hydrogen-bond acceptors (Lipinski definition) is 4. The SMILES string of the molecule is Cc1cc(NC[C@H]2CCCO2)c2ccc(C(=O)O)cc2n1. The van der Waals surface area contributed by atoms with Gasteiger partial charge < -0.3 is 15.2 Å². The van der Waals surface area contributed by atoms with E-state index in [2.05, 4.69) is 10.3 Å². The maximum atomic E-state index is 11.1. The van der Waals surface area contributed by atoms with E-state index in [0.29, 0.717) is 5.52 Å². The maximum absolute atomic E-state index is 11.1. The van der Waals surface area contributed by atoms with Crippen molar-refractivity contribution in [3.63, 3.8) is 0 Å². The van der Waals surface area contributed by atoms with Crippen molar-refractivity contribution in [2.45, 2.75) is 25.9 Å². The Balaban J connectivity index is 1.91. The van der Waals surface area contributed by atoms with Gasteiger partial charge in [0.2, 0.25) is 0 Å². The second-order valence-corrected chi connectivity index (χ2v) is 5.36. The molecule has 1 aliphatic rings. The molecule has 21 heavy (non-hydrogen) atoms. The first-order chi connectivity index (χ1) is 10.1. The lowest BCUT2D eigenvalue weighted by molar-refractivity contribution is 0.0697. The van der Waals surface area contributed by atoms with Crippen LogP contribution in [0, 0.1) is 6.92 Å². The average Bonchev–Trinajstić information content (AvgIpc) is 2.97. The highest BCUT2D eigenvalue weighted by atomic mass is 16.5. The fraction of sp³-hybridized carbons (Fsp3) is 0.375. The van der Waals surface area contributed by atoms with E-state index in [-0.39, 0.29) is 11.7 Å². The molecule has 2 aromatic rings. The van der Waals surface area contributed by atoms with Crippen LogP contribution in [-0.2, 0) is 4.74 Å². The lowest BCUT2D eigenvalue weighted by Crippen LogP contribution is -2.18. The second kappa shape index (κ2) is 5.69. The van der Waals surface area contributed by atoms with Crippen LogP contribution < -0.4 is 5.32 Å². The number of ether oxygens (including phenoxy) is 1. The molecule has 1 aromatic heterocycles. The lowest BCUT2D eigenvalue weighted by atomic mass is 10.1. The first-order valence-corrected chi connectivity index (χ1v) is 7.13. The molecule has 5 heteroatoms. The van der Waals surface area contributed by atoms with Crippen molar-refractivity contribution >= 4 is 22.6 Å². The molecule has 1 aromatic carbocycles. The zero-order chi connectivity index (χ0) is 14.8. The molecule has 1 atom stereocenters. The van der Waals surface area contributed by atoms with Gasteiger partial charge in [-0.15, -0.1) is 0 Å². The Morgan fingerprint density at radius 1 is 1.48 bits per heavy atom. The molecule has 0 aliphatic carbocycles. The summed E-state index contributed by atoms with van der Waals surface area (Å²) in [4.78, 5) is 15.5. The van der Waals surface area contributed by atoms with E-state index in [0.717, 1.165) is 42.8 Å². The second-order valence-electron chi connectivity index (χ2n) is 5.36. The van der Waals surface area contributed by atoms with Crippen molar-refractivity contribution < 1.29 is 14.6 Å². The zero-order valence-corrected chi connectivity index (χ0v) is 11.9. The quantitative estimate of drug-likeness (QED) is 0.904. The predicted molar refractivity (Wildman–Crippen MR) is 80.9 cm³/mol. The first-order valence-electron chi connectivity index (χ1n) is 7.13. The summed E-state index contributed by atoms with van der Waals surface area (Å²) in [5.41, 5.74) is 2.79. The molecule has 0 unspecified atom stereocenters. The number of nitrogens with one attached hydrogen (secondary N) is 1. The molecular weight excluding hydrogens is 268 g/mol. The average molecular weight is 286 g/mol. The lowest BCUT2D eigenvalue weighted by Gasteiger charge is -2.14. The molecule has 1 aliphatic heterocycles. The molecule has 0 spiro atoms. The monoisotopic (exact) mass is 286 g/mol. The van der Waals surface area contributed by atoms with Gasteiger partial charge in [-0.1, -0.05) is 0 Å². The Labute approximate surface area is 123 Å². The molecule has 0 saturated carbocycles. The van der Waals surface area contributed by atoms with E-state index >= 15 is 0 Å². The Morgan fingerprint density at radius 2 is 2.33 bits per heavy atom. The van der Waals surface area contributed by atoms with Crippen molar-refractivity contribution in [2.24, 2.45) is 0 Å². The Morgan fingerprint density at radius 3 is 3.05 bits per heavy atom. The number of rotatable bonds is 4. The van der Waals surface area contributed by atoms with E-state index in [1.807, 2.05) is 19.1 Å². The molecule has 1 saturated heterocycles. The van der Waals surface area contributed by atoms with E-state index in [9.17, 15) is 4.79 Å². The van der Waals surface area contributed by atoms with E-state index in [4.69, 9.17) is 9.84 Å². The van der Waals surface area contributed by atoms with Gasteiger partial charge in [0.15, 0.2) is 0 Å². The number of benzene rings is 1. The van der Waals surface area contributed by atoms with Gasteiger partial charge in [0.05, 0.1) is 17.2 Å². The van der Waals surface area contributed by atoms with Crippen LogP contribution in [0.5, 0.6) is 0 Å². The highest BCUT2D eigenvalue weighted by molar-refractivity contribution is 5.97. The molecule has 0 bridgehead atoms. The topological polar surface area (TPSA) is 71.5 Å². The molecule has 2 N–H and O–H groups in total. The number of pyridine rings is 1. The predicted octanol–water partition coefficient (Wildman–Crippen LogP) is 2.83. The first kappa shape index (κ1) is 13.8. The van der Waals surface area contributed by atoms with Gasteiger partial charge in [-0.25, -0.2) is 4.79 Å². The highest BCUT2D eigenvalue weighted by Gasteiger charge is 2.16. The van der Waals surface area contributed by atoms with Crippen LogP contribution in [0.25, 0.3) is 10.9 Å². The van der Waals surface area contributed by atoms with Crippen LogP contribution in [0.15, 0.2) is 24.3 Å². The molecule has 1 fully saturated rings. The number of carbonyl (C=O) groups is 1. The number of aryl methyl sites for hydroxylation is 1. The number of carboxylic acids is 1. The summed E-state index contributed by atoms with van der Waals surface area (Å²) in [6, 6.07) is 7.02. The third-order valence-corrected chi connectivity index (χ3v) is 3.73. The fourth-order valence-corrected chi connectivity index (χ4v) is 2.67. The molecular formula is C16H18N2O3. The number of hydrogen-bond donors (Lipinski definition) is 2. The van der Waals surface area contributed by atoms with Crippen LogP contribution in [0.1, 0.15) is 28.9 Å². The fourth-order valence-electron chi connectivity index (χ4n) is 2.67. The maximum Gasteiger partial charge on any atom is 0.335 e. The summed E-state index contributed by atoms with van der Waals surface area (Å²) in [5, 5.41) is 13.4. The highest BCUT2D eigenvalue weighted by Crippen LogP contribution is 2.25. The number of nitrogens with zero attached hydrogens (tertiary/aromatic N) is 1. The molecule has 110 valence electrons. The third-order valence-electron chi connectivity index (χ3n) is 3.73. The van der Waals surface area contributed by atoms with Gasteiger partial charge in [0.1, 0.15) is 0 Å². The standard InChI is InChI=1S/C16H18N2O3/c1-10-7-14(17-9-12-3-2-6-21-12)13-5-4-11(16(19)20)8-15(13)18-10/h4-5,7-8,12H,2-3,6,9H2,1H3,(H,17,18)(H,19,20)/t12-/m1/s1. The summed E-state index contributed by atoms with van der Waals surface area (Å²) in [7, 11) is 0. The van der Waals surface area contributed by atoms with Crippen molar-refractivity contribution in [1.29, 1.82) is 0 Å². The number of anilines is 1. The van der Waals surface area contributed by atoms with E-state index < -0.39 is 5.97 Å². The van der Waals surface area contributed by atoms with Crippen molar-refractivity contribution in [1.82, 2.24) is 4.98 Å². The molecule has 0 amide bonds.